The molecule has 0 aromatic heterocycles. The number of hydrogen-bond donors (Lipinski definition) is 1. The Kier molecular flexibility index (Phi) is 9.70. The fourth-order valence-corrected chi connectivity index (χ4v) is 3.28. The summed E-state index contributed by atoms with van der Waals surface area (Å²) < 4.78 is 16.6. The molecule has 2 aromatic rings. The normalized spacial score (nSPS) is 10.7. The number of hydrogen-bond acceptors (Lipinski definition) is 5. The third-order valence-electron chi connectivity index (χ3n) is 4.09. The molecule has 0 fully saturated rings. The molecule has 0 aliphatic heterocycles. The highest BCUT2D eigenvalue weighted by Crippen LogP contribution is 2.37. The van der Waals surface area contributed by atoms with Crippen molar-refractivity contribution in [1.82, 2.24) is 5.32 Å². The number of methoxy groups -OCH3 is 2. The number of esters is 1. The van der Waals surface area contributed by atoms with Gasteiger partial charge in [-0.2, -0.15) is 0 Å². The lowest BCUT2D eigenvalue weighted by Gasteiger charge is -2.14. The molecule has 1 amide bonds. The summed E-state index contributed by atoms with van der Waals surface area (Å²) in [4.78, 5) is 23.0. The quantitative estimate of drug-likeness (QED) is 0.291. The van der Waals surface area contributed by atoms with Crippen molar-refractivity contribution in [3.8, 4) is 11.5 Å². The predicted molar refractivity (Wildman–Crippen MR) is 120 cm³/mol. The van der Waals surface area contributed by atoms with E-state index in [4.69, 9.17) is 21.1 Å². The van der Waals surface area contributed by atoms with Crippen LogP contribution in [-0.2, 0) is 20.9 Å². The monoisotopic (exact) mass is 495 g/mol. The molecule has 6 nitrogen and oxygen atoms in total. The average Bonchev–Trinajstić information content (AvgIpc) is 2.74. The molecule has 2 rings (SSSR count). The van der Waals surface area contributed by atoms with Crippen LogP contribution >= 0.6 is 27.5 Å². The molecular weight excluding hydrogens is 474 g/mol. The zero-order chi connectivity index (χ0) is 21.9. The van der Waals surface area contributed by atoms with Crippen LogP contribution in [0.15, 0.2) is 46.9 Å². The van der Waals surface area contributed by atoms with Gasteiger partial charge in [0.05, 0.1) is 18.7 Å². The van der Waals surface area contributed by atoms with E-state index in [1.807, 2.05) is 24.3 Å². The second kappa shape index (κ2) is 12.2. The van der Waals surface area contributed by atoms with Gasteiger partial charge in [0.2, 0.25) is 5.91 Å². The smallest absolute Gasteiger partial charge is 0.305 e. The van der Waals surface area contributed by atoms with Crippen LogP contribution in [0.4, 0.5) is 0 Å². The fraction of sp³-hybridized carbons (Fsp3) is 0.273. The van der Waals surface area contributed by atoms with Gasteiger partial charge in [-0.1, -0.05) is 29.8 Å². The molecule has 2 aromatic carbocycles. The molecular formula is C22H23BrClNO5. The van der Waals surface area contributed by atoms with Crippen molar-refractivity contribution in [3.63, 3.8) is 0 Å². The topological polar surface area (TPSA) is 73.9 Å². The van der Waals surface area contributed by atoms with Gasteiger partial charge in [-0.25, -0.2) is 0 Å². The minimum absolute atomic E-state index is 0.256. The van der Waals surface area contributed by atoms with Gasteiger partial charge in [-0.05, 0) is 52.2 Å². The Balaban J connectivity index is 1.98. The lowest BCUT2D eigenvalue weighted by atomic mass is 10.2. The van der Waals surface area contributed by atoms with E-state index in [0.717, 1.165) is 11.1 Å². The van der Waals surface area contributed by atoms with Crippen molar-refractivity contribution >= 4 is 45.5 Å². The lowest BCUT2D eigenvalue weighted by molar-refractivity contribution is -0.140. The van der Waals surface area contributed by atoms with Gasteiger partial charge in [0.1, 0.15) is 6.61 Å². The average molecular weight is 497 g/mol. The minimum atomic E-state index is -0.298. The summed E-state index contributed by atoms with van der Waals surface area (Å²) in [6.07, 6.45) is 3.87. The van der Waals surface area contributed by atoms with Crippen LogP contribution in [0.3, 0.4) is 0 Å². The van der Waals surface area contributed by atoms with E-state index in [2.05, 4.69) is 26.0 Å². The highest BCUT2D eigenvalue weighted by molar-refractivity contribution is 9.10. The summed E-state index contributed by atoms with van der Waals surface area (Å²) in [6.45, 7) is 0.678. The predicted octanol–water partition coefficient (Wildman–Crippen LogP) is 4.77. The molecule has 0 aliphatic carbocycles. The van der Waals surface area contributed by atoms with Crippen molar-refractivity contribution < 1.29 is 23.8 Å². The van der Waals surface area contributed by atoms with Crippen molar-refractivity contribution in [3.05, 3.63) is 63.1 Å². The molecule has 30 heavy (non-hydrogen) atoms. The summed E-state index contributed by atoms with van der Waals surface area (Å²) in [6, 6.07) is 11.0. The zero-order valence-electron chi connectivity index (χ0n) is 16.7. The third-order valence-corrected chi connectivity index (χ3v) is 5.05. The number of rotatable bonds is 10. The van der Waals surface area contributed by atoms with Crippen LogP contribution in [0.2, 0.25) is 5.02 Å². The van der Waals surface area contributed by atoms with Gasteiger partial charge in [-0.3, -0.25) is 9.59 Å². The number of benzene rings is 2. The summed E-state index contributed by atoms with van der Waals surface area (Å²) in [5.41, 5.74) is 1.62. The van der Waals surface area contributed by atoms with E-state index in [9.17, 15) is 9.59 Å². The molecule has 0 spiro atoms. The first-order chi connectivity index (χ1) is 14.4. The van der Waals surface area contributed by atoms with Crippen molar-refractivity contribution in [2.24, 2.45) is 0 Å². The maximum Gasteiger partial charge on any atom is 0.305 e. The number of nitrogens with one attached hydrogen (secondary N) is 1. The van der Waals surface area contributed by atoms with E-state index in [1.165, 1.54) is 13.2 Å². The highest BCUT2D eigenvalue weighted by atomic mass is 79.9. The standard InChI is InChI=1S/C22H23BrClNO5/c1-28-19-13-15(9-10-20(26)25-11-5-8-21(27)29-2)12-17(23)22(19)30-14-16-6-3-4-7-18(16)24/h3-4,6-7,9-10,12-13H,5,8,11,14H2,1-2H3,(H,25,26)/b10-9+. The summed E-state index contributed by atoms with van der Waals surface area (Å²) in [7, 11) is 2.88. The molecule has 0 atom stereocenters. The Bertz CT molecular complexity index is 916. The van der Waals surface area contributed by atoms with Crippen LogP contribution in [0, 0.1) is 0 Å². The molecule has 0 saturated heterocycles. The minimum Gasteiger partial charge on any atom is -0.493 e. The van der Waals surface area contributed by atoms with Crippen LogP contribution < -0.4 is 14.8 Å². The van der Waals surface area contributed by atoms with Crippen LogP contribution in [0.1, 0.15) is 24.0 Å². The summed E-state index contributed by atoms with van der Waals surface area (Å²) >= 11 is 9.67. The molecule has 0 saturated carbocycles. The second-order valence-corrected chi connectivity index (χ2v) is 7.48. The lowest BCUT2D eigenvalue weighted by Crippen LogP contribution is -2.22. The number of carbonyl (C=O) groups excluding carboxylic acids is 2. The van der Waals surface area contributed by atoms with Crippen LogP contribution in [0.25, 0.3) is 6.08 Å². The third kappa shape index (κ3) is 7.39. The SMILES string of the molecule is COC(=O)CCCNC(=O)/C=C/c1cc(Br)c(OCc2ccccc2Cl)c(OC)c1. The Hall–Kier alpha value is -2.51. The molecule has 0 aliphatic rings. The Morgan fingerprint density at radius 1 is 1.20 bits per heavy atom. The van der Waals surface area contributed by atoms with Crippen molar-refractivity contribution in [2.45, 2.75) is 19.4 Å². The Morgan fingerprint density at radius 2 is 1.97 bits per heavy atom. The van der Waals surface area contributed by atoms with E-state index < -0.39 is 0 Å². The number of ether oxygens (including phenoxy) is 3. The number of amides is 1. The highest BCUT2D eigenvalue weighted by Gasteiger charge is 2.12. The largest absolute Gasteiger partial charge is 0.493 e. The second-order valence-electron chi connectivity index (χ2n) is 6.22. The Morgan fingerprint density at radius 3 is 2.67 bits per heavy atom. The number of carbonyl (C=O) groups is 2. The summed E-state index contributed by atoms with van der Waals surface area (Å²) in [5, 5.41) is 3.35. The van der Waals surface area contributed by atoms with Gasteiger partial charge in [0, 0.05) is 29.6 Å². The van der Waals surface area contributed by atoms with Gasteiger partial charge < -0.3 is 19.5 Å². The van der Waals surface area contributed by atoms with E-state index in [0.29, 0.717) is 34.0 Å². The Labute approximate surface area is 189 Å². The van der Waals surface area contributed by atoms with Crippen molar-refractivity contribution in [1.29, 1.82) is 0 Å². The fourth-order valence-electron chi connectivity index (χ4n) is 2.52. The zero-order valence-corrected chi connectivity index (χ0v) is 19.1. The molecule has 0 radical (unpaired) electrons. The van der Waals surface area contributed by atoms with Crippen LogP contribution in [0.5, 0.6) is 11.5 Å². The molecule has 8 heteroatoms. The molecule has 0 bridgehead atoms. The molecule has 0 heterocycles. The first-order valence-electron chi connectivity index (χ1n) is 9.21. The molecule has 160 valence electrons. The maximum atomic E-state index is 11.9. The first kappa shape index (κ1) is 23.8. The maximum absolute atomic E-state index is 11.9. The van der Waals surface area contributed by atoms with Crippen LogP contribution in [-0.4, -0.2) is 32.6 Å². The summed E-state index contributed by atoms with van der Waals surface area (Å²) in [5.74, 6) is 0.513. The first-order valence-corrected chi connectivity index (χ1v) is 10.4. The molecule has 0 unspecified atom stereocenters. The van der Waals surface area contributed by atoms with Gasteiger partial charge in [-0.15, -0.1) is 0 Å². The van der Waals surface area contributed by atoms with E-state index in [1.54, 1.807) is 25.3 Å². The van der Waals surface area contributed by atoms with E-state index >= 15 is 0 Å². The van der Waals surface area contributed by atoms with Gasteiger partial charge in [0.15, 0.2) is 11.5 Å². The van der Waals surface area contributed by atoms with Gasteiger partial charge >= 0.3 is 5.97 Å². The van der Waals surface area contributed by atoms with Crippen molar-refractivity contribution in [2.75, 3.05) is 20.8 Å². The number of halogens is 2. The molecule has 1 N–H and O–H groups in total. The van der Waals surface area contributed by atoms with Gasteiger partial charge in [0.25, 0.3) is 0 Å². The van der Waals surface area contributed by atoms with E-state index in [-0.39, 0.29) is 24.9 Å².